The Morgan fingerprint density at radius 2 is 1.69 bits per heavy atom. The van der Waals surface area contributed by atoms with Gasteiger partial charge >= 0.3 is 13.8 Å². The first-order valence-corrected chi connectivity index (χ1v) is 14.8. The van der Waals surface area contributed by atoms with Crippen LogP contribution in [0.3, 0.4) is 0 Å². The van der Waals surface area contributed by atoms with E-state index in [0.717, 1.165) is 6.08 Å². The van der Waals surface area contributed by atoms with Gasteiger partial charge in [-0.1, -0.05) is 67.4 Å². The Balaban J connectivity index is 0.000000374. The number of allylic oxidation sites excluding steroid dienone is 2. The van der Waals surface area contributed by atoms with E-state index >= 15 is 0 Å². The van der Waals surface area contributed by atoms with Crippen molar-refractivity contribution >= 4 is 42.9 Å². The van der Waals surface area contributed by atoms with Crippen molar-refractivity contribution in [3.63, 3.8) is 0 Å². The molecule has 0 bridgehead atoms. The minimum Gasteiger partial charge on any atom is -0.457 e. The van der Waals surface area contributed by atoms with Crippen molar-refractivity contribution in [1.29, 1.82) is 5.26 Å². The third-order valence-corrected chi connectivity index (χ3v) is 7.90. The first-order chi connectivity index (χ1) is 19.8. The average Bonchev–Trinajstić information content (AvgIpc) is 3.50. The van der Waals surface area contributed by atoms with Crippen LogP contribution in [-0.4, -0.2) is 33.1 Å². The van der Waals surface area contributed by atoms with Crippen molar-refractivity contribution in [2.75, 3.05) is 21.3 Å². The summed E-state index contributed by atoms with van der Waals surface area (Å²) in [7, 11) is 0.302. The Labute approximate surface area is 255 Å². The maximum absolute atomic E-state index is 12.6. The summed E-state index contributed by atoms with van der Waals surface area (Å²) in [6.45, 7) is 5.35. The first kappa shape index (κ1) is 34.9. The van der Waals surface area contributed by atoms with Gasteiger partial charge in [0.15, 0.2) is 0 Å². The molecule has 1 amide bonds. The van der Waals surface area contributed by atoms with Crippen LogP contribution in [0, 0.1) is 28.6 Å². The predicted octanol–water partition coefficient (Wildman–Crippen LogP) is 7.23. The molecule has 0 spiro atoms. The number of benzene rings is 2. The van der Waals surface area contributed by atoms with Crippen LogP contribution in [0.15, 0.2) is 77.0 Å². The number of carbonyl (C=O) groups is 2. The summed E-state index contributed by atoms with van der Waals surface area (Å²) in [5.74, 6) is 0.0787. The lowest BCUT2D eigenvalue weighted by Gasteiger charge is -2.13. The van der Waals surface area contributed by atoms with Gasteiger partial charge in [0.25, 0.3) is 0 Å². The summed E-state index contributed by atoms with van der Waals surface area (Å²) < 4.78 is 36.6. The molecule has 10 nitrogen and oxygen atoms in total. The van der Waals surface area contributed by atoms with Gasteiger partial charge in [-0.05, 0) is 48.6 Å². The number of hydrogen-bond acceptors (Lipinski definition) is 9. The molecule has 0 saturated heterocycles. The van der Waals surface area contributed by atoms with E-state index < -0.39 is 19.9 Å². The van der Waals surface area contributed by atoms with Crippen LogP contribution in [0.1, 0.15) is 32.4 Å². The molecule has 42 heavy (non-hydrogen) atoms. The van der Waals surface area contributed by atoms with E-state index in [-0.39, 0.29) is 33.4 Å². The van der Waals surface area contributed by atoms with Crippen LogP contribution in [0.5, 0.6) is 11.5 Å². The average molecular weight is 639 g/mol. The molecule has 0 radical (unpaired) electrons. The van der Waals surface area contributed by atoms with Gasteiger partial charge in [-0.2, -0.15) is 5.26 Å². The van der Waals surface area contributed by atoms with E-state index in [1.54, 1.807) is 30.3 Å². The molecule has 1 saturated carbocycles. The fourth-order valence-electron chi connectivity index (χ4n) is 3.91. The molecule has 1 N–H and O–H groups in total. The zero-order valence-electron chi connectivity index (χ0n) is 24.0. The van der Waals surface area contributed by atoms with E-state index in [4.69, 9.17) is 37.2 Å². The van der Waals surface area contributed by atoms with Crippen LogP contribution in [0.2, 0.25) is 0 Å². The Bertz CT molecular complexity index is 1380. The second kappa shape index (κ2) is 15.8. The number of nitrogens with one attached hydrogen (secondary N) is 1. The number of esters is 1. The van der Waals surface area contributed by atoms with E-state index in [0.29, 0.717) is 17.1 Å². The normalized spacial score (nSPS) is 17.7. The number of hydrogen-bond donors (Lipinski definition) is 1. The van der Waals surface area contributed by atoms with Crippen molar-refractivity contribution in [3.8, 4) is 17.6 Å². The Morgan fingerprint density at radius 1 is 1.07 bits per heavy atom. The number of likely N-dealkylation sites (N-methyl/N-ethyl adjacent to an activating group) is 1. The highest BCUT2D eigenvalue weighted by Gasteiger charge is 2.62. The van der Waals surface area contributed by atoms with Crippen molar-refractivity contribution in [3.05, 3.63) is 82.6 Å². The standard InChI is InChI=1S/C22H19Cl2NO3.C7H14NO5P/c1-22(2)17(12-19(23)24)20(22)21(26)28-18(13-25)14-7-6-10-16(11-14)27-15-8-4-3-5-9-15;1-6(5-7(9)8-2)13-14(10,11-3)12-4/h3-12,17-18,20H,1-2H3;5H,1-4H3,(H,8,9). The minimum atomic E-state index is -3.55. The molecule has 3 atom stereocenters. The maximum Gasteiger partial charge on any atom is 0.529 e. The van der Waals surface area contributed by atoms with E-state index in [1.165, 1.54) is 28.2 Å². The molecule has 0 heterocycles. The highest BCUT2D eigenvalue weighted by Crippen LogP contribution is 2.60. The largest absolute Gasteiger partial charge is 0.529 e. The third-order valence-electron chi connectivity index (χ3n) is 6.24. The SMILES string of the molecule is CC1(C)C(C=C(Cl)Cl)C1C(=O)OC(C#N)c1cccc(Oc2ccccc2)c1.CNC(=O)C=C(C)OP(=O)(OC)OC. The van der Waals surface area contributed by atoms with Gasteiger partial charge in [-0.15, -0.1) is 0 Å². The van der Waals surface area contributed by atoms with Crippen molar-refractivity contribution < 1.29 is 37.2 Å². The quantitative estimate of drug-likeness (QED) is 0.117. The van der Waals surface area contributed by atoms with Crippen LogP contribution in [0.25, 0.3) is 0 Å². The zero-order chi connectivity index (χ0) is 31.5. The van der Waals surface area contributed by atoms with Gasteiger partial charge in [0.2, 0.25) is 12.0 Å². The third kappa shape index (κ3) is 10.2. The molecule has 1 fully saturated rings. The number of para-hydroxylation sites is 1. The number of rotatable bonds is 11. The molecular formula is C29H33Cl2N2O8P. The van der Waals surface area contributed by atoms with Crippen LogP contribution in [-0.2, 0) is 32.5 Å². The molecule has 226 valence electrons. The molecule has 3 rings (SSSR count). The lowest BCUT2D eigenvalue weighted by atomic mass is 10.1. The van der Waals surface area contributed by atoms with Crippen LogP contribution in [0.4, 0.5) is 0 Å². The topological polar surface area (TPSA) is 133 Å². The Morgan fingerprint density at radius 3 is 2.24 bits per heavy atom. The minimum absolute atomic E-state index is 0.114. The van der Waals surface area contributed by atoms with Gasteiger partial charge in [0.1, 0.15) is 27.8 Å². The summed E-state index contributed by atoms with van der Waals surface area (Å²) in [5, 5.41) is 11.9. The highest BCUT2D eigenvalue weighted by atomic mass is 35.5. The number of nitriles is 1. The number of ether oxygens (including phenoxy) is 2. The summed E-state index contributed by atoms with van der Waals surface area (Å²) >= 11 is 11.5. The summed E-state index contributed by atoms with van der Waals surface area (Å²) in [6.07, 6.45) is 1.76. The Hall–Kier alpha value is -3.32. The maximum atomic E-state index is 12.6. The molecular weight excluding hydrogens is 606 g/mol. The fourth-order valence-corrected chi connectivity index (χ4v) is 4.88. The van der Waals surface area contributed by atoms with Crippen LogP contribution >= 0.6 is 31.0 Å². The summed E-state index contributed by atoms with van der Waals surface area (Å²) in [5.41, 5.74) is 0.231. The van der Waals surface area contributed by atoms with Crippen molar-refractivity contribution in [2.45, 2.75) is 26.9 Å². The first-order valence-electron chi connectivity index (χ1n) is 12.6. The fraction of sp³-hybridized carbons (Fsp3) is 0.345. The number of nitrogens with zero attached hydrogens (tertiary/aromatic N) is 1. The molecule has 0 aromatic heterocycles. The predicted molar refractivity (Wildman–Crippen MR) is 158 cm³/mol. The number of phosphoric ester groups is 1. The zero-order valence-corrected chi connectivity index (χ0v) is 26.4. The second-order valence-electron chi connectivity index (χ2n) is 9.49. The molecule has 0 aliphatic heterocycles. The Kier molecular flexibility index (Phi) is 13.1. The van der Waals surface area contributed by atoms with Crippen molar-refractivity contribution in [1.82, 2.24) is 5.32 Å². The molecule has 2 aromatic carbocycles. The summed E-state index contributed by atoms with van der Waals surface area (Å²) in [6, 6.07) is 18.3. The van der Waals surface area contributed by atoms with E-state index in [1.807, 2.05) is 50.2 Å². The number of halogens is 2. The molecule has 3 unspecified atom stereocenters. The van der Waals surface area contributed by atoms with Gasteiger partial charge in [0, 0.05) is 32.9 Å². The van der Waals surface area contributed by atoms with Gasteiger partial charge in [0.05, 0.1) is 5.92 Å². The number of carbonyl (C=O) groups excluding carboxylic acids is 2. The van der Waals surface area contributed by atoms with E-state index in [2.05, 4.69) is 14.4 Å². The lowest BCUT2D eigenvalue weighted by molar-refractivity contribution is -0.149. The molecule has 1 aliphatic carbocycles. The molecule has 13 heteroatoms. The van der Waals surface area contributed by atoms with Gasteiger partial charge in [-0.25, -0.2) is 4.57 Å². The van der Waals surface area contributed by atoms with Gasteiger partial charge < -0.3 is 19.3 Å². The summed E-state index contributed by atoms with van der Waals surface area (Å²) in [4.78, 5) is 23.5. The monoisotopic (exact) mass is 638 g/mol. The van der Waals surface area contributed by atoms with E-state index in [9.17, 15) is 19.4 Å². The lowest BCUT2D eigenvalue weighted by Crippen LogP contribution is -2.15. The number of phosphoric acid groups is 1. The van der Waals surface area contributed by atoms with Gasteiger partial charge in [-0.3, -0.25) is 18.6 Å². The van der Waals surface area contributed by atoms with Crippen molar-refractivity contribution in [2.24, 2.45) is 17.3 Å². The highest BCUT2D eigenvalue weighted by molar-refractivity contribution is 7.48. The van der Waals surface area contributed by atoms with Crippen LogP contribution < -0.4 is 10.1 Å². The smallest absolute Gasteiger partial charge is 0.457 e. The number of amides is 1. The molecule has 2 aromatic rings. The molecule has 1 aliphatic rings. The second-order valence-corrected chi connectivity index (χ2v) is 12.3.